The number of amides is 2. The van der Waals surface area contributed by atoms with Crippen LogP contribution in [0.4, 0.5) is 11.4 Å². The molecule has 1 aromatic rings. The zero-order valence-electron chi connectivity index (χ0n) is 16.3. The van der Waals surface area contributed by atoms with Crippen LogP contribution in [0.3, 0.4) is 0 Å². The fourth-order valence-corrected chi connectivity index (χ4v) is 3.75. The number of carbonyl (C=O) groups is 2. The summed E-state index contributed by atoms with van der Waals surface area (Å²) in [6.45, 7) is 9.69. The molecule has 1 N–H and O–H groups in total. The van der Waals surface area contributed by atoms with E-state index < -0.39 is 5.41 Å². The van der Waals surface area contributed by atoms with Crippen LogP contribution >= 0.6 is 0 Å². The molecule has 3 rings (SSSR count). The van der Waals surface area contributed by atoms with Crippen LogP contribution in [0.2, 0.25) is 0 Å². The first kappa shape index (κ1) is 18.7. The van der Waals surface area contributed by atoms with Crippen LogP contribution in [-0.2, 0) is 9.59 Å². The predicted molar refractivity (Wildman–Crippen MR) is 105 cm³/mol. The molecule has 0 spiro atoms. The number of benzene rings is 1. The molecule has 142 valence electrons. The van der Waals surface area contributed by atoms with Crippen molar-refractivity contribution >= 4 is 23.2 Å². The Hall–Kier alpha value is -2.04. The zero-order chi connectivity index (χ0) is 18.7. The van der Waals surface area contributed by atoms with Gasteiger partial charge in [0, 0.05) is 37.6 Å². The first-order chi connectivity index (χ1) is 12.5. The lowest BCUT2D eigenvalue weighted by atomic mass is 9.99. The topological polar surface area (TPSA) is 52.7 Å². The number of nitrogens with one attached hydrogen (secondary N) is 1. The Kier molecular flexibility index (Phi) is 5.54. The van der Waals surface area contributed by atoms with Gasteiger partial charge in [-0.05, 0) is 69.7 Å². The molecule has 2 fully saturated rings. The first-order valence-corrected chi connectivity index (χ1v) is 9.96. The van der Waals surface area contributed by atoms with E-state index in [-0.39, 0.29) is 11.8 Å². The maximum atomic E-state index is 12.7. The van der Waals surface area contributed by atoms with Crippen molar-refractivity contribution < 1.29 is 9.59 Å². The van der Waals surface area contributed by atoms with Gasteiger partial charge in [-0.3, -0.25) is 9.59 Å². The summed E-state index contributed by atoms with van der Waals surface area (Å²) in [7, 11) is 0. The maximum absolute atomic E-state index is 12.7. The van der Waals surface area contributed by atoms with Crippen molar-refractivity contribution in [3.05, 3.63) is 24.3 Å². The van der Waals surface area contributed by atoms with Crippen LogP contribution in [-0.4, -0.2) is 42.9 Å². The van der Waals surface area contributed by atoms with E-state index in [1.54, 1.807) is 4.90 Å². The van der Waals surface area contributed by atoms with Gasteiger partial charge in [0.25, 0.3) is 0 Å². The molecule has 1 aliphatic carbocycles. The molecule has 2 amide bonds. The zero-order valence-corrected chi connectivity index (χ0v) is 16.3. The molecule has 1 aromatic carbocycles. The molecule has 0 atom stereocenters. The van der Waals surface area contributed by atoms with Crippen molar-refractivity contribution in [1.82, 2.24) is 4.90 Å². The van der Waals surface area contributed by atoms with Gasteiger partial charge >= 0.3 is 0 Å². The minimum atomic E-state index is -0.840. The number of rotatable bonds is 6. The molecule has 1 heterocycles. The summed E-state index contributed by atoms with van der Waals surface area (Å²) in [4.78, 5) is 29.6. The summed E-state index contributed by atoms with van der Waals surface area (Å²) in [5, 5.41) is 2.96. The summed E-state index contributed by atoms with van der Waals surface area (Å²) < 4.78 is 0. The lowest BCUT2D eigenvalue weighted by molar-refractivity contribution is -0.141. The van der Waals surface area contributed by atoms with E-state index in [0.29, 0.717) is 25.9 Å². The van der Waals surface area contributed by atoms with E-state index in [1.807, 2.05) is 26.0 Å². The maximum Gasteiger partial charge on any atom is 0.240 e. The molecule has 1 aliphatic heterocycles. The van der Waals surface area contributed by atoms with Gasteiger partial charge < -0.3 is 15.1 Å². The number of hydrogen-bond acceptors (Lipinski definition) is 3. The van der Waals surface area contributed by atoms with E-state index in [2.05, 4.69) is 29.3 Å². The Morgan fingerprint density at radius 3 is 2.19 bits per heavy atom. The summed E-state index contributed by atoms with van der Waals surface area (Å²) in [6.07, 6.45) is 3.76. The standard InChI is InChI=1S/C21H31N3O2/c1-4-23(5-2)20(26)21(12-13-21)19(25)22-17-6-8-18(9-7-17)24-14-10-16(3)11-15-24/h6-9,16H,4-5,10-15H2,1-3H3,(H,22,25). The number of hydrogen-bond donors (Lipinski definition) is 1. The highest BCUT2D eigenvalue weighted by atomic mass is 16.2. The summed E-state index contributed by atoms with van der Waals surface area (Å²) in [5.74, 6) is 0.621. The van der Waals surface area contributed by atoms with Gasteiger partial charge in [-0.15, -0.1) is 0 Å². The second kappa shape index (κ2) is 7.68. The Balaban J connectivity index is 1.62. The highest BCUT2D eigenvalue weighted by Crippen LogP contribution is 2.48. The molecule has 0 bridgehead atoms. The third kappa shape index (κ3) is 3.71. The van der Waals surface area contributed by atoms with Crippen LogP contribution in [0.25, 0.3) is 0 Å². The molecular weight excluding hydrogens is 326 g/mol. The van der Waals surface area contributed by atoms with Crippen molar-refractivity contribution in [2.75, 3.05) is 36.4 Å². The number of nitrogens with zero attached hydrogens (tertiary/aromatic N) is 2. The van der Waals surface area contributed by atoms with Gasteiger partial charge in [-0.1, -0.05) is 6.92 Å². The predicted octanol–water partition coefficient (Wildman–Crippen LogP) is 3.51. The molecule has 0 aromatic heterocycles. The van der Waals surface area contributed by atoms with E-state index >= 15 is 0 Å². The van der Waals surface area contributed by atoms with Gasteiger partial charge in [0.1, 0.15) is 5.41 Å². The molecule has 2 aliphatic rings. The SMILES string of the molecule is CCN(CC)C(=O)C1(C(=O)Nc2ccc(N3CCC(C)CC3)cc2)CC1. The summed E-state index contributed by atoms with van der Waals surface area (Å²) in [5.41, 5.74) is 1.13. The molecule has 0 radical (unpaired) electrons. The number of piperidine rings is 1. The van der Waals surface area contributed by atoms with Crippen LogP contribution < -0.4 is 10.2 Å². The average Bonchev–Trinajstić information content (AvgIpc) is 3.46. The molecule has 5 heteroatoms. The minimum Gasteiger partial charge on any atom is -0.372 e. The van der Waals surface area contributed by atoms with Crippen molar-refractivity contribution in [2.24, 2.45) is 11.3 Å². The third-order valence-corrected chi connectivity index (χ3v) is 5.92. The quantitative estimate of drug-likeness (QED) is 0.793. The lowest BCUT2D eigenvalue weighted by Crippen LogP contribution is -2.42. The van der Waals surface area contributed by atoms with Crippen molar-refractivity contribution in [1.29, 1.82) is 0 Å². The molecule has 26 heavy (non-hydrogen) atoms. The Morgan fingerprint density at radius 2 is 1.69 bits per heavy atom. The highest BCUT2D eigenvalue weighted by Gasteiger charge is 2.57. The van der Waals surface area contributed by atoms with Gasteiger partial charge in [-0.2, -0.15) is 0 Å². The van der Waals surface area contributed by atoms with Crippen molar-refractivity contribution in [3.8, 4) is 0 Å². The normalized spacial score (nSPS) is 19.1. The van der Waals surface area contributed by atoms with Crippen LogP contribution in [0.1, 0.15) is 46.5 Å². The van der Waals surface area contributed by atoms with Crippen LogP contribution in [0.15, 0.2) is 24.3 Å². The Bertz CT molecular complexity index is 640. The number of anilines is 2. The largest absolute Gasteiger partial charge is 0.372 e. The average molecular weight is 357 g/mol. The third-order valence-electron chi connectivity index (χ3n) is 5.92. The summed E-state index contributed by atoms with van der Waals surface area (Å²) >= 11 is 0. The lowest BCUT2D eigenvalue weighted by Gasteiger charge is -2.32. The van der Waals surface area contributed by atoms with Gasteiger partial charge in [-0.25, -0.2) is 0 Å². The van der Waals surface area contributed by atoms with E-state index in [1.165, 1.54) is 18.5 Å². The number of carbonyl (C=O) groups excluding carboxylic acids is 2. The second-order valence-electron chi connectivity index (χ2n) is 7.73. The van der Waals surface area contributed by atoms with Gasteiger partial charge in [0.05, 0.1) is 0 Å². The fraction of sp³-hybridized carbons (Fsp3) is 0.619. The Morgan fingerprint density at radius 1 is 1.12 bits per heavy atom. The van der Waals surface area contributed by atoms with E-state index in [0.717, 1.165) is 24.7 Å². The van der Waals surface area contributed by atoms with E-state index in [9.17, 15) is 9.59 Å². The monoisotopic (exact) mass is 357 g/mol. The smallest absolute Gasteiger partial charge is 0.240 e. The minimum absolute atomic E-state index is 0.0287. The first-order valence-electron chi connectivity index (χ1n) is 9.96. The van der Waals surface area contributed by atoms with Gasteiger partial charge in [0.15, 0.2) is 0 Å². The second-order valence-corrected chi connectivity index (χ2v) is 7.73. The fourth-order valence-electron chi connectivity index (χ4n) is 3.75. The Labute approximate surface area is 156 Å². The molecule has 0 unspecified atom stereocenters. The molecule has 1 saturated carbocycles. The van der Waals surface area contributed by atoms with Crippen LogP contribution in [0, 0.1) is 11.3 Å². The van der Waals surface area contributed by atoms with Gasteiger partial charge in [0.2, 0.25) is 11.8 Å². The van der Waals surface area contributed by atoms with Crippen molar-refractivity contribution in [2.45, 2.75) is 46.5 Å². The summed E-state index contributed by atoms with van der Waals surface area (Å²) in [6, 6.07) is 8.03. The van der Waals surface area contributed by atoms with Crippen molar-refractivity contribution in [3.63, 3.8) is 0 Å². The molecule has 5 nitrogen and oxygen atoms in total. The van der Waals surface area contributed by atoms with E-state index in [4.69, 9.17) is 0 Å². The van der Waals surface area contributed by atoms with Crippen LogP contribution in [0.5, 0.6) is 0 Å². The molecule has 1 saturated heterocycles. The molecular formula is C21H31N3O2. The highest BCUT2D eigenvalue weighted by molar-refractivity contribution is 6.13.